The molecule has 0 fully saturated rings. The molecule has 1 rings (SSSR count). The summed E-state index contributed by atoms with van der Waals surface area (Å²) < 4.78 is 0. The number of aryl methyl sites for hydroxylation is 1. The molecule has 1 heterocycles. The van der Waals surface area contributed by atoms with Gasteiger partial charge < -0.3 is 10.6 Å². The van der Waals surface area contributed by atoms with E-state index in [4.69, 9.17) is 0 Å². The van der Waals surface area contributed by atoms with Gasteiger partial charge in [0.25, 0.3) is 0 Å². The van der Waals surface area contributed by atoms with Crippen molar-refractivity contribution in [2.75, 3.05) is 7.05 Å². The van der Waals surface area contributed by atoms with Gasteiger partial charge in [0, 0.05) is 18.8 Å². The first kappa shape index (κ1) is 21.1. The first-order chi connectivity index (χ1) is 10.2. The highest BCUT2D eigenvalue weighted by Gasteiger charge is 2.05. The van der Waals surface area contributed by atoms with Gasteiger partial charge in [-0.3, -0.25) is 9.98 Å². The van der Waals surface area contributed by atoms with Crippen LogP contribution in [0.5, 0.6) is 0 Å². The second-order valence-corrected chi connectivity index (χ2v) is 5.59. The van der Waals surface area contributed by atoms with E-state index < -0.39 is 0 Å². The van der Waals surface area contributed by atoms with Crippen LogP contribution in [-0.2, 0) is 6.54 Å². The Hall–Kier alpha value is -0.850. The third-order valence-corrected chi connectivity index (χ3v) is 3.48. The van der Waals surface area contributed by atoms with Crippen molar-refractivity contribution in [3.05, 3.63) is 29.6 Å². The lowest BCUT2D eigenvalue weighted by Gasteiger charge is -2.17. The zero-order valence-electron chi connectivity index (χ0n) is 14.4. The number of guanidine groups is 1. The molecule has 1 unspecified atom stereocenters. The number of hydrogen-bond donors (Lipinski definition) is 2. The molecular formula is C17H31IN4. The fraction of sp³-hybridized carbons (Fsp3) is 0.647. The molecule has 0 radical (unpaired) electrons. The van der Waals surface area contributed by atoms with E-state index in [1.54, 1.807) is 0 Å². The van der Waals surface area contributed by atoms with Crippen LogP contribution in [0.1, 0.15) is 57.3 Å². The maximum Gasteiger partial charge on any atom is 0.191 e. The lowest BCUT2D eigenvalue weighted by Crippen LogP contribution is -2.41. The molecule has 0 amide bonds. The number of aliphatic imine (C=N–C) groups is 1. The van der Waals surface area contributed by atoms with E-state index in [9.17, 15) is 0 Å². The lowest BCUT2D eigenvalue weighted by atomic mass is 10.1. The molecular weight excluding hydrogens is 387 g/mol. The Labute approximate surface area is 152 Å². The monoisotopic (exact) mass is 418 g/mol. The highest BCUT2D eigenvalue weighted by Crippen LogP contribution is 2.05. The van der Waals surface area contributed by atoms with Crippen LogP contribution in [0.3, 0.4) is 0 Å². The topological polar surface area (TPSA) is 49.3 Å². The number of aromatic nitrogens is 1. The molecule has 22 heavy (non-hydrogen) atoms. The van der Waals surface area contributed by atoms with Crippen molar-refractivity contribution >= 4 is 29.9 Å². The maximum absolute atomic E-state index is 4.48. The first-order valence-electron chi connectivity index (χ1n) is 8.05. The SMILES string of the molecule is CCCCCCC(C)NC(=NC)NCc1cccc(C)n1.I. The van der Waals surface area contributed by atoms with Crippen molar-refractivity contribution in [3.63, 3.8) is 0 Å². The summed E-state index contributed by atoms with van der Waals surface area (Å²) in [4.78, 5) is 8.76. The molecule has 0 aliphatic rings. The molecule has 1 atom stereocenters. The van der Waals surface area contributed by atoms with Gasteiger partial charge in [0.15, 0.2) is 5.96 Å². The molecule has 126 valence electrons. The van der Waals surface area contributed by atoms with Gasteiger partial charge in [-0.15, -0.1) is 24.0 Å². The van der Waals surface area contributed by atoms with Crippen LogP contribution in [0.15, 0.2) is 23.2 Å². The summed E-state index contributed by atoms with van der Waals surface area (Å²) in [5.74, 6) is 0.848. The Morgan fingerprint density at radius 3 is 2.68 bits per heavy atom. The zero-order valence-corrected chi connectivity index (χ0v) is 16.7. The molecule has 1 aromatic rings. The third kappa shape index (κ3) is 9.23. The normalized spacial score (nSPS) is 12.5. The summed E-state index contributed by atoms with van der Waals surface area (Å²) in [5.41, 5.74) is 2.08. The second kappa shape index (κ2) is 12.7. The van der Waals surface area contributed by atoms with Crippen LogP contribution in [0.2, 0.25) is 0 Å². The predicted molar refractivity (Wildman–Crippen MR) is 106 cm³/mol. The van der Waals surface area contributed by atoms with Crippen molar-refractivity contribution in [2.45, 2.75) is 65.5 Å². The average Bonchev–Trinajstić information content (AvgIpc) is 2.48. The summed E-state index contributed by atoms with van der Waals surface area (Å²) in [5, 5.41) is 6.76. The van der Waals surface area contributed by atoms with Crippen LogP contribution in [0.4, 0.5) is 0 Å². The number of unbranched alkanes of at least 4 members (excludes halogenated alkanes) is 3. The van der Waals surface area contributed by atoms with Gasteiger partial charge in [-0.25, -0.2) is 0 Å². The van der Waals surface area contributed by atoms with Crippen LogP contribution < -0.4 is 10.6 Å². The van der Waals surface area contributed by atoms with Crippen molar-refractivity contribution in [1.82, 2.24) is 15.6 Å². The number of nitrogens with one attached hydrogen (secondary N) is 2. The smallest absolute Gasteiger partial charge is 0.191 e. The van der Waals surface area contributed by atoms with Crippen molar-refractivity contribution in [3.8, 4) is 0 Å². The molecule has 2 N–H and O–H groups in total. The number of nitrogens with zero attached hydrogens (tertiary/aromatic N) is 2. The maximum atomic E-state index is 4.48. The molecule has 0 aliphatic heterocycles. The first-order valence-corrected chi connectivity index (χ1v) is 8.05. The summed E-state index contributed by atoms with van der Waals surface area (Å²) in [6.45, 7) is 7.16. The molecule has 0 aromatic carbocycles. The van der Waals surface area contributed by atoms with E-state index in [1.165, 1.54) is 32.1 Å². The van der Waals surface area contributed by atoms with Gasteiger partial charge in [-0.05, 0) is 32.4 Å². The summed E-state index contributed by atoms with van der Waals surface area (Å²) in [6.07, 6.45) is 6.40. The molecule has 0 spiro atoms. The third-order valence-electron chi connectivity index (χ3n) is 3.48. The Morgan fingerprint density at radius 1 is 1.27 bits per heavy atom. The number of pyridine rings is 1. The number of hydrogen-bond acceptors (Lipinski definition) is 2. The highest BCUT2D eigenvalue weighted by atomic mass is 127. The van der Waals surface area contributed by atoms with E-state index in [0.717, 1.165) is 17.3 Å². The molecule has 0 saturated carbocycles. The van der Waals surface area contributed by atoms with Crippen molar-refractivity contribution in [2.24, 2.45) is 4.99 Å². The quantitative estimate of drug-likeness (QED) is 0.290. The minimum atomic E-state index is 0. The van der Waals surface area contributed by atoms with Gasteiger partial charge in [0.05, 0.1) is 12.2 Å². The minimum Gasteiger partial charge on any atom is -0.354 e. The predicted octanol–water partition coefficient (Wildman–Crippen LogP) is 4.03. The van der Waals surface area contributed by atoms with Crippen molar-refractivity contribution in [1.29, 1.82) is 0 Å². The van der Waals surface area contributed by atoms with E-state index in [2.05, 4.69) is 34.5 Å². The Balaban J connectivity index is 0.00000441. The fourth-order valence-electron chi connectivity index (χ4n) is 2.25. The van der Waals surface area contributed by atoms with Crippen LogP contribution in [0.25, 0.3) is 0 Å². The van der Waals surface area contributed by atoms with E-state index in [1.807, 2.05) is 32.2 Å². The molecule has 0 bridgehead atoms. The molecule has 0 aliphatic carbocycles. The average molecular weight is 418 g/mol. The zero-order chi connectivity index (χ0) is 15.5. The van der Waals surface area contributed by atoms with Gasteiger partial charge in [0.2, 0.25) is 0 Å². The van der Waals surface area contributed by atoms with Crippen molar-refractivity contribution < 1.29 is 0 Å². The van der Waals surface area contributed by atoms with Crippen LogP contribution >= 0.6 is 24.0 Å². The number of halogens is 1. The molecule has 0 saturated heterocycles. The Morgan fingerprint density at radius 2 is 2.05 bits per heavy atom. The van der Waals surface area contributed by atoms with E-state index in [-0.39, 0.29) is 24.0 Å². The minimum absolute atomic E-state index is 0. The van der Waals surface area contributed by atoms with Gasteiger partial charge in [0.1, 0.15) is 0 Å². The van der Waals surface area contributed by atoms with Gasteiger partial charge in [-0.2, -0.15) is 0 Å². The van der Waals surface area contributed by atoms with E-state index >= 15 is 0 Å². The fourth-order valence-corrected chi connectivity index (χ4v) is 2.25. The van der Waals surface area contributed by atoms with Gasteiger partial charge in [-0.1, -0.05) is 38.7 Å². The van der Waals surface area contributed by atoms with Gasteiger partial charge >= 0.3 is 0 Å². The number of rotatable bonds is 8. The summed E-state index contributed by atoms with van der Waals surface area (Å²) >= 11 is 0. The summed E-state index contributed by atoms with van der Waals surface area (Å²) in [7, 11) is 1.81. The Bertz CT molecular complexity index is 434. The van der Waals surface area contributed by atoms with Crippen LogP contribution in [0, 0.1) is 6.92 Å². The second-order valence-electron chi connectivity index (χ2n) is 5.59. The largest absolute Gasteiger partial charge is 0.354 e. The molecule has 1 aromatic heterocycles. The van der Waals surface area contributed by atoms with Crippen LogP contribution in [-0.4, -0.2) is 24.0 Å². The molecule has 5 heteroatoms. The highest BCUT2D eigenvalue weighted by molar-refractivity contribution is 14.0. The standard InChI is InChI=1S/C17H30N4.HI/c1-5-6-7-8-10-15(3)21-17(18-4)19-13-16-12-9-11-14(2)20-16;/h9,11-12,15H,5-8,10,13H2,1-4H3,(H2,18,19,21);1H. The lowest BCUT2D eigenvalue weighted by molar-refractivity contribution is 0.537. The summed E-state index contributed by atoms with van der Waals surface area (Å²) in [6, 6.07) is 6.51. The Kier molecular flexibility index (Phi) is 12.2. The van der Waals surface area contributed by atoms with E-state index in [0.29, 0.717) is 12.6 Å². The molecule has 4 nitrogen and oxygen atoms in total.